The van der Waals surface area contributed by atoms with Crippen molar-refractivity contribution in [3.05, 3.63) is 83.4 Å². The van der Waals surface area contributed by atoms with Crippen molar-refractivity contribution in [3.8, 4) is 11.1 Å². The standard InChI is InChI=1S/C25H26FN3O3/c26-21-3-1-2-18(12-21)15-28-25(31)14-22-5-4-19(16-27-22)24-7-6-23(13-20(24)17-30)29-8-10-32-11-9-29/h1-7,12-13,16,30H,8-11,14-15,17H2,(H,28,31). The van der Waals surface area contributed by atoms with E-state index in [1.54, 1.807) is 18.3 Å². The second-order valence-corrected chi connectivity index (χ2v) is 7.72. The number of nitrogens with one attached hydrogen (secondary N) is 1. The summed E-state index contributed by atoms with van der Waals surface area (Å²) in [4.78, 5) is 18.9. The number of amides is 1. The van der Waals surface area contributed by atoms with Crippen LogP contribution in [0, 0.1) is 5.82 Å². The van der Waals surface area contributed by atoms with Crippen molar-refractivity contribution in [2.24, 2.45) is 0 Å². The molecule has 7 heteroatoms. The predicted octanol–water partition coefficient (Wildman–Crippen LogP) is 3.08. The fourth-order valence-corrected chi connectivity index (χ4v) is 3.77. The first kappa shape index (κ1) is 21.9. The van der Waals surface area contributed by atoms with Crippen molar-refractivity contribution in [3.63, 3.8) is 0 Å². The van der Waals surface area contributed by atoms with Gasteiger partial charge >= 0.3 is 0 Å². The molecule has 0 saturated carbocycles. The number of ether oxygens (including phenoxy) is 1. The molecule has 0 unspecified atom stereocenters. The Morgan fingerprint density at radius 1 is 1.12 bits per heavy atom. The largest absolute Gasteiger partial charge is 0.392 e. The summed E-state index contributed by atoms with van der Waals surface area (Å²) in [5, 5.41) is 12.7. The Bertz CT molecular complexity index is 1070. The molecular formula is C25H26FN3O3. The molecular weight excluding hydrogens is 409 g/mol. The van der Waals surface area contributed by atoms with E-state index in [0.29, 0.717) is 24.5 Å². The van der Waals surface area contributed by atoms with Crippen molar-refractivity contribution in [1.82, 2.24) is 10.3 Å². The summed E-state index contributed by atoms with van der Waals surface area (Å²) in [5.41, 5.74) is 5.04. The molecule has 0 atom stereocenters. The van der Waals surface area contributed by atoms with E-state index in [9.17, 15) is 14.3 Å². The molecule has 0 bridgehead atoms. The van der Waals surface area contributed by atoms with Crippen LogP contribution < -0.4 is 10.2 Å². The van der Waals surface area contributed by atoms with E-state index in [1.807, 2.05) is 30.3 Å². The van der Waals surface area contributed by atoms with Crippen LogP contribution in [-0.4, -0.2) is 42.3 Å². The number of pyridine rings is 1. The number of benzene rings is 2. The Morgan fingerprint density at radius 2 is 1.97 bits per heavy atom. The van der Waals surface area contributed by atoms with Crippen molar-refractivity contribution >= 4 is 11.6 Å². The molecule has 3 aromatic rings. The first-order chi connectivity index (χ1) is 15.6. The third kappa shape index (κ3) is 5.49. The van der Waals surface area contributed by atoms with E-state index in [2.05, 4.69) is 15.2 Å². The maximum atomic E-state index is 13.2. The molecule has 32 heavy (non-hydrogen) atoms. The van der Waals surface area contributed by atoms with Gasteiger partial charge in [-0.05, 0) is 47.0 Å². The Hall–Kier alpha value is -3.29. The van der Waals surface area contributed by atoms with E-state index in [-0.39, 0.29) is 31.3 Å². The first-order valence-corrected chi connectivity index (χ1v) is 10.7. The van der Waals surface area contributed by atoms with Crippen molar-refractivity contribution < 1.29 is 19.0 Å². The minimum absolute atomic E-state index is 0.0717. The summed E-state index contributed by atoms with van der Waals surface area (Å²) >= 11 is 0. The van der Waals surface area contributed by atoms with Crippen LogP contribution in [0.1, 0.15) is 16.8 Å². The zero-order valence-corrected chi connectivity index (χ0v) is 17.8. The lowest BCUT2D eigenvalue weighted by atomic mass is 10.00. The highest BCUT2D eigenvalue weighted by Crippen LogP contribution is 2.28. The number of aromatic nitrogens is 1. The monoisotopic (exact) mass is 435 g/mol. The van der Waals surface area contributed by atoms with Gasteiger partial charge in [-0.3, -0.25) is 9.78 Å². The number of anilines is 1. The van der Waals surface area contributed by atoms with Gasteiger partial charge in [0, 0.05) is 42.8 Å². The number of rotatable bonds is 7. The first-order valence-electron chi connectivity index (χ1n) is 10.7. The van der Waals surface area contributed by atoms with Gasteiger partial charge in [0.2, 0.25) is 5.91 Å². The van der Waals surface area contributed by atoms with Gasteiger partial charge in [-0.15, -0.1) is 0 Å². The summed E-state index contributed by atoms with van der Waals surface area (Å²) in [6.07, 6.45) is 1.86. The van der Waals surface area contributed by atoms with Crippen molar-refractivity contribution in [1.29, 1.82) is 0 Å². The number of morpholine rings is 1. The van der Waals surface area contributed by atoms with Gasteiger partial charge in [0.05, 0.1) is 26.2 Å². The van der Waals surface area contributed by atoms with Crippen LogP contribution in [0.3, 0.4) is 0 Å². The van der Waals surface area contributed by atoms with E-state index in [0.717, 1.165) is 35.5 Å². The molecule has 1 amide bonds. The second-order valence-electron chi connectivity index (χ2n) is 7.72. The normalized spacial score (nSPS) is 13.8. The molecule has 1 fully saturated rings. The van der Waals surface area contributed by atoms with Gasteiger partial charge in [-0.2, -0.15) is 0 Å². The highest BCUT2D eigenvalue weighted by molar-refractivity contribution is 5.78. The van der Waals surface area contributed by atoms with E-state index < -0.39 is 0 Å². The summed E-state index contributed by atoms with van der Waals surface area (Å²) in [6, 6.07) is 15.9. The SMILES string of the molecule is O=C(Cc1ccc(-c2ccc(N3CCOCC3)cc2CO)cn1)NCc1cccc(F)c1. The number of nitrogens with zero attached hydrogens (tertiary/aromatic N) is 2. The number of carbonyl (C=O) groups is 1. The Morgan fingerprint density at radius 3 is 2.69 bits per heavy atom. The van der Waals surface area contributed by atoms with Crippen LogP contribution in [0.25, 0.3) is 11.1 Å². The molecule has 6 nitrogen and oxygen atoms in total. The smallest absolute Gasteiger partial charge is 0.226 e. The Kier molecular flexibility index (Phi) is 7.09. The van der Waals surface area contributed by atoms with Crippen LogP contribution in [0.2, 0.25) is 0 Å². The summed E-state index contributed by atoms with van der Waals surface area (Å²) in [6.45, 7) is 3.28. The molecule has 2 heterocycles. The minimum Gasteiger partial charge on any atom is -0.392 e. The highest BCUT2D eigenvalue weighted by Gasteiger charge is 2.14. The number of aliphatic hydroxyl groups is 1. The number of aliphatic hydroxyl groups excluding tert-OH is 1. The van der Waals surface area contributed by atoms with Crippen LogP contribution >= 0.6 is 0 Å². The third-order valence-corrected chi connectivity index (χ3v) is 5.49. The lowest BCUT2D eigenvalue weighted by Crippen LogP contribution is -2.36. The molecule has 1 saturated heterocycles. The fraction of sp³-hybridized carbons (Fsp3) is 0.280. The van der Waals surface area contributed by atoms with Gasteiger partial charge in [0.25, 0.3) is 0 Å². The second kappa shape index (κ2) is 10.3. The Labute approximate surface area is 186 Å². The number of halogens is 1. The topological polar surface area (TPSA) is 74.7 Å². The average Bonchev–Trinajstić information content (AvgIpc) is 2.83. The van der Waals surface area contributed by atoms with Crippen LogP contribution in [-0.2, 0) is 29.1 Å². The molecule has 4 rings (SSSR count). The van der Waals surface area contributed by atoms with Gasteiger partial charge in [-0.1, -0.05) is 24.3 Å². The summed E-state index contributed by atoms with van der Waals surface area (Å²) in [7, 11) is 0. The molecule has 0 radical (unpaired) electrons. The van der Waals surface area contributed by atoms with Crippen LogP contribution in [0.5, 0.6) is 0 Å². The van der Waals surface area contributed by atoms with Crippen molar-refractivity contribution in [2.75, 3.05) is 31.2 Å². The minimum atomic E-state index is -0.325. The molecule has 2 aromatic carbocycles. The molecule has 1 aliphatic heterocycles. The number of hydrogen-bond donors (Lipinski definition) is 2. The molecule has 0 aliphatic carbocycles. The summed E-state index contributed by atoms with van der Waals surface area (Å²) in [5.74, 6) is -0.505. The fourth-order valence-electron chi connectivity index (χ4n) is 3.77. The van der Waals surface area contributed by atoms with E-state index >= 15 is 0 Å². The lowest BCUT2D eigenvalue weighted by Gasteiger charge is -2.29. The highest BCUT2D eigenvalue weighted by atomic mass is 19.1. The Balaban J connectivity index is 1.40. The zero-order chi connectivity index (χ0) is 22.3. The van der Waals surface area contributed by atoms with Gasteiger partial charge in [0.15, 0.2) is 0 Å². The van der Waals surface area contributed by atoms with Crippen LogP contribution in [0.4, 0.5) is 10.1 Å². The molecule has 166 valence electrons. The predicted molar refractivity (Wildman–Crippen MR) is 121 cm³/mol. The van der Waals surface area contributed by atoms with E-state index in [1.165, 1.54) is 12.1 Å². The van der Waals surface area contributed by atoms with Gasteiger partial charge in [0.1, 0.15) is 5.82 Å². The summed E-state index contributed by atoms with van der Waals surface area (Å²) < 4.78 is 18.7. The lowest BCUT2D eigenvalue weighted by molar-refractivity contribution is -0.120. The number of hydrogen-bond acceptors (Lipinski definition) is 5. The zero-order valence-electron chi connectivity index (χ0n) is 17.8. The maximum absolute atomic E-state index is 13.2. The quantitative estimate of drug-likeness (QED) is 0.597. The average molecular weight is 435 g/mol. The molecule has 2 N–H and O–H groups in total. The van der Waals surface area contributed by atoms with Crippen molar-refractivity contribution in [2.45, 2.75) is 19.6 Å². The third-order valence-electron chi connectivity index (χ3n) is 5.49. The van der Waals surface area contributed by atoms with Crippen LogP contribution in [0.15, 0.2) is 60.8 Å². The maximum Gasteiger partial charge on any atom is 0.226 e. The molecule has 1 aromatic heterocycles. The van der Waals surface area contributed by atoms with Gasteiger partial charge in [-0.25, -0.2) is 4.39 Å². The molecule has 1 aliphatic rings. The van der Waals surface area contributed by atoms with Gasteiger partial charge < -0.3 is 20.1 Å². The van der Waals surface area contributed by atoms with E-state index in [4.69, 9.17) is 4.74 Å². The number of carbonyl (C=O) groups excluding carboxylic acids is 1. The molecule has 0 spiro atoms.